The molecule has 1 aromatic carbocycles. The van der Waals surface area contributed by atoms with Crippen molar-refractivity contribution in [3.63, 3.8) is 0 Å². The maximum atomic E-state index is 12.4. The Kier molecular flexibility index (Phi) is 6.13. The standard InChI is InChI=1S/C13H15F3N4S2/c1-10(7-8-21-11-5-3-2-4-6-11)22-12-17-18-19-20(12)9-13(14,15)16/h2-6,10H,7-9H2,1H3. The Hall–Kier alpha value is -1.22. The van der Waals surface area contributed by atoms with Crippen molar-refractivity contribution in [2.24, 2.45) is 0 Å². The highest BCUT2D eigenvalue weighted by molar-refractivity contribution is 8.00. The van der Waals surface area contributed by atoms with E-state index >= 15 is 0 Å². The zero-order valence-corrected chi connectivity index (χ0v) is 13.5. The Morgan fingerprint density at radius 3 is 2.64 bits per heavy atom. The van der Waals surface area contributed by atoms with Crippen LogP contribution < -0.4 is 0 Å². The zero-order chi connectivity index (χ0) is 16.0. The highest BCUT2D eigenvalue weighted by atomic mass is 32.2. The van der Waals surface area contributed by atoms with Gasteiger partial charge in [-0.3, -0.25) is 0 Å². The van der Waals surface area contributed by atoms with Crippen molar-refractivity contribution in [3.8, 4) is 0 Å². The third-order valence-corrected chi connectivity index (χ3v) is 4.86. The highest BCUT2D eigenvalue weighted by Crippen LogP contribution is 2.27. The van der Waals surface area contributed by atoms with Crippen LogP contribution in [0.5, 0.6) is 0 Å². The van der Waals surface area contributed by atoms with E-state index in [9.17, 15) is 13.2 Å². The molecule has 1 heterocycles. The smallest absolute Gasteiger partial charge is 0.211 e. The summed E-state index contributed by atoms with van der Waals surface area (Å²) < 4.78 is 38.0. The monoisotopic (exact) mass is 348 g/mol. The molecule has 0 fully saturated rings. The number of hydrogen-bond acceptors (Lipinski definition) is 5. The van der Waals surface area contributed by atoms with Gasteiger partial charge < -0.3 is 0 Å². The summed E-state index contributed by atoms with van der Waals surface area (Å²) in [5.41, 5.74) is 0. The minimum absolute atomic E-state index is 0.134. The van der Waals surface area contributed by atoms with E-state index in [1.54, 1.807) is 11.8 Å². The van der Waals surface area contributed by atoms with Gasteiger partial charge in [0.05, 0.1) is 0 Å². The average Bonchev–Trinajstić information content (AvgIpc) is 2.85. The Balaban J connectivity index is 1.80. The molecule has 0 amide bonds. The quantitative estimate of drug-likeness (QED) is 0.710. The van der Waals surface area contributed by atoms with Gasteiger partial charge in [-0.1, -0.05) is 36.9 Å². The van der Waals surface area contributed by atoms with Crippen LogP contribution >= 0.6 is 23.5 Å². The van der Waals surface area contributed by atoms with E-state index in [-0.39, 0.29) is 10.4 Å². The third-order valence-electron chi connectivity index (χ3n) is 2.67. The number of nitrogens with zero attached hydrogens (tertiary/aromatic N) is 4. The second-order valence-electron chi connectivity index (χ2n) is 4.61. The summed E-state index contributed by atoms with van der Waals surface area (Å²) in [5.74, 6) is 0.888. The molecule has 0 bridgehead atoms. The molecular weight excluding hydrogens is 333 g/mol. The van der Waals surface area contributed by atoms with Crippen LogP contribution in [0.2, 0.25) is 0 Å². The molecule has 120 valence electrons. The Labute approximate surface area is 134 Å². The fraction of sp³-hybridized carbons (Fsp3) is 0.462. The molecule has 0 aliphatic rings. The number of alkyl halides is 3. The first-order chi connectivity index (χ1) is 10.4. The average molecular weight is 348 g/mol. The number of benzene rings is 1. The van der Waals surface area contributed by atoms with Crippen molar-refractivity contribution in [3.05, 3.63) is 30.3 Å². The number of aromatic nitrogens is 4. The molecule has 0 aliphatic carbocycles. The van der Waals surface area contributed by atoms with Crippen LogP contribution in [0.4, 0.5) is 13.2 Å². The maximum Gasteiger partial charge on any atom is 0.408 e. The van der Waals surface area contributed by atoms with Gasteiger partial charge in [-0.15, -0.1) is 16.9 Å². The second-order valence-corrected chi connectivity index (χ2v) is 7.19. The predicted octanol–water partition coefficient (Wildman–Crippen LogP) is 3.90. The number of halogens is 3. The van der Waals surface area contributed by atoms with Gasteiger partial charge in [-0.05, 0) is 34.7 Å². The SMILES string of the molecule is CC(CCSc1ccccc1)Sc1nnnn1CC(F)(F)F. The van der Waals surface area contributed by atoms with Crippen LogP contribution in [0.15, 0.2) is 40.4 Å². The lowest BCUT2D eigenvalue weighted by Crippen LogP contribution is -2.19. The molecule has 4 nitrogen and oxygen atoms in total. The van der Waals surface area contributed by atoms with E-state index in [4.69, 9.17) is 0 Å². The zero-order valence-electron chi connectivity index (χ0n) is 11.8. The molecule has 0 N–H and O–H groups in total. The molecule has 1 atom stereocenters. The van der Waals surface area contributed by atoms with Gasteiger partial charge in [0.15, 0.2) is 0 Å². The second kappa shape index (κ2) is 7.87. The van der Waals surface area contributed by atoms with Crippen molar-refractivity contribution >= 4 is 23.5 Å². The lowest BCUT2D eigenvalue weighted by Gasteiger charge is -2.11. The van der Waals surface area contributed by atoms with Crippen molar-refractivity contribution in [2.45, 2.75) is 41.4 Å². The van der Waals surface area contributed by atoms with E-state index in [2.05, 4.69) is 15.5 Å². The molecule has 0 saturated heterocycles. The number of hydrogen-bond donors (Lipinski definition) is 0. The van der Waals surface area contributed by atoms with Crippen LogP contribution in [0.1, 0.15) is 13.3 Å². The first-order valence-electron chi connectivity index (χ1n) is 6.61. The molecular formula is C13H15F3N4S2. The van der Waals surface area contributed by atoms with Gasteiger partial charge in [0.25, 0.3) is 0 Å². The number of tetrazole rings is 1. The summed E-state index contributed by atoms with van der Waals surface area (Å²) in [4.78, 5) is 1.18. The topological polar surface area (TPSA) is 43.6 Å². The molecule has 0 spiro atoms. The van der Waals surface area contributed by atoms with Gasteiger partial charge in [0.1, 0.15) is 6.54 Å². The minimum Gasteiger partial charge on any atom is -0.211 e. The summed E-state index contributed by atoms with van der Waals surface area (Å²) in [6.07, 6.45) is -3.47. The van der Waals surface area contributed by atoms with Crippen molar-refractivity contribution in [1.82, 2.24) is 20.2 Å². The maximum absolute atomic E-state index is 12.4. The Bertz CT molecular complexity index is 574. The van der Waals surface area contributed by atoms with Crippen molar-refractivity contribution < 1.29 is 13.2 Å². The molecule has 0 saturated carbocycles. The van der Waals surface area contributed by atoms with Crippen LogP contribution in [0, 0.1) is 0 Å². The largest absolute Gasteiger partial charge is 0.408 e. The normalized spacial score (nSPS) is 13.3. The van der Waals surface area contributed by atoms with Crippen LogP contribution in [-0.4, -0.2) is 37.4 Å². The molecule has 2 aromatic rings. The highest BCUT2D eigenvalue weighted by Gasteiger charge is 2.30. The van der Waals surface area contributed by atoms with Gasteiger partial charge in [0.2, 0.25) is 5.16 Å². The van der Waals surface area contributed by atoms with E-state index < -0.39 is 12.7 Å². The van der Waals surface area contributed by atoms with Gasteiger partial charge in [-0.25, -0.2) is 4.68 Å². The number of rotatable bonds is 7. The van der Waals surface area contributed by atoms with Crippen molar-refractivity contribution in [2.75, 3.05) is 5.75 Å². The first kappa shape index (κ1) is 17.1. The lowest BCUT2D eigenvalue weighted by molar-refractivity contribution is -0.144. The molecule has 1 aromatic heterocycles. The van der Waals surface area contributed by atoms with Gasteiger partial charge in [-0.2, -0.15) is 13.2 Å². The van der Waals surface area contributed by atoms with Crippen LogP contribution in [0.25, 0.3) is 0 Å². The Morgan fingerprint density at radius 2 is 1.95 bits per heavy atom. The first-order valence-corrected chi connectivity index (χ1v) is 8.48. The molecule has 0 aliphatic heterocycles. The van der Waals surface area contributed by atoms with Gasteiger partial charge in [0, 0.05) is 10.1 Å². The molecule has 22 heavy (non-hydrogen) atoms. The third kappa shape index (κ3) is 5.88. The van der Waals surface area contributed by atoms with E-state index in [0.717, 1.165) is 16.9 Å². The molecule has 0 radical (unpaired) electrons. The summed E-state index contributed by atoms with van der Waals surface area (Å²) in [5, 5.41) is 10.7. The summed E-state index contributed by atoms with van der Waals surface area (Å²) in [6.45, 7) is 0.802. The molecule has 2 rings (SSSR count). The predicted molar refractivity (Wildman–Crippen MR) is 81.0 cm³/mol. The van der Waals surface area contributed by atoms with Crippen LogP contribution in [-0.2, 0) is 6.54 Å². The van der Waals surface area contributed by atoms with Crippen molar-refractivity contribution in [1.29, 1.82) is 0 Å². The van der Waals surface area contributed by atoms with Gasteiger partial charge >= 0.3 is 6.18 Å². The lowest BCUT2D eigenvalue weighted by atomic mass is 10.4. The molecule has 9 heteroatoms. The number of thioether (sulfide) groups is 2. The fourth-order valence-electron chi connectivity index (χ4n) is 1.65. The van der Waals surface area contributed by atoms with E-state index in [1.807, 2.05) is 37.3 Å². The minimum atomic E-state index is -4.32. The molecule has 1 unspecified atom stereocenters. The van der Waals surface area contributed by atoms with Crippen LogP contribution in [0.3, 0.4) is 0 Å². The summed E-state index contributed by atoms with van der Waals surface area (Å²) in [7, 11) is 0. The van der Waals surface area contributed by atoms with E-state index in [1.165, 1.54) is 16.7 Å². The summed E-state index contributed by atoms with van der Waals surface area (Å²) in [6, 6.07) is 9.99. The van der Waals surface area contributed by atoms with E-state index in [0.29, 0.717) is 0 Å². The Morgan fingerprint density at radius 1 is 1.23 bits per heavy atom. The summed E-state index contributed by atoms with van der Waals surface area (Å²) >= 11 is 2.99. The fourth-order valence-corrected chi connectivity index (χ4v) is 3.76.